The molecule has 2 N–H and O–H groups in total. The highest BCUT2D eigenvalue weighted by Gasteiger charge is 2.34. The van der Waals surface area contributed by atoms with Gasteiger partial charge in [-0.2, -0.15) is 0 Å². The Morgan fingerprint density at radius 3 is 2.06 bits per heavy atom. The van der Waals surface area contributed by atoms with Crippen molar-refractivity contribution < 1.29 is 0 Å². The van der Waals surface area contributed by atoms with Gasteiger partial charge in [0.15, 0.2) is 0 Å². The second-order valence-corrected chi connectivity index (χ2v) is 7.31. The molecule has 0 amide bonds. The number of hydrogen-bond donors (Lipinski definition) is 1. The van der Waals surface area contributed by atoms with E-state index in [4.69, 9.17) is 5.73 Å². The van der Waals surface area contributed by atoms with Crippen molar-refractivity contribution in [1.29, 1.82) is 0 Å². The highest BCUT2D eigenvalue weighted by molar-refractivity contribution is 4.86. The predicted octanol–water partition coefficient (Wildman–Crippen LogP) is 4.36. The van der Waals surface area contributed by atoms with E-state index in [-0.39, 0.29) is 0 Å². The molecule has 2 aliphatic carbocycles. The first-order chi connectivity index (χ1) is 8.12. The molecule has 0 spiro atoms. The Labute approximate surface area is 108 Å². The molecular weight excluding hydrogens is 206 g/mol. The molecule has 0 heterocycles. The Bertz CT molecular complexity index is 224. The molecule has 0 aromatic rings. The summed E-state index contributed by atoms with van der Waals surface area (Å²) in [5, 5.41) is 0. The summed E-state index contributed by atoms with van der Waals surface area (Å²) < 4.78 is 0. The van der Waals surface area contributed by atoms with Crippen LogP contribution in [0.3, 0.4) is 0 Å². The molecule has 0 radical (unpaired) electrons. The van der Waals surface area contributed by atoms with E-state index in [0.717, 1.165) is 24.3 Å². The monoisotopic (exact) mass is 237 g/mol. The van der Waals surface area contributed by atoms with E-state index in [2.05, 4.69) is 13.8 Å². The van der Waals surface area contributed by atoms with Crippen LogP contribution in [-0.4, -0.2) is 6.54 Å². The van der Waals surface area contributed by atoms with Crippen molar-refractivity contribution in [2.45, 2.75) is 71.6 Å². The van der Waals surface area contributed by atoms with Gasteiger partial charge < -0.3 is 5.73 Å². The molecule has 2 rings (SSSR count). The standard InChI is InChI=1S/C16H31N/c1-16(2,11-14-8-5-9-14)15(12-17)10-13-6-3-4-7-13/h13-15H,3-12,17H2,1-2H3. The van der Waals surface area contributed by atoms with Gasteiger partial charge in [-0.15, -0.1) is 0 Å². The number of rotatable bonds is 6. The van der Waals surface area contributed by atoms with E-state index >= 15 is 0 Å². The zero-order chi connectivity index (χ0) is 12.3. The average Bonchev–Trinajstić information content (AvgIpc) is 2.72. The quantitative estimate of drug-likeness (QED) is 0.730. The van der Waals surface area contributed by atoms with Crippen LogP contribution in [0.1, 0.15) is 71.6 Å². The molecule has 1 nitrogen and oxygen atoms in total. The first-order valence-electron chi connectivity index (χ1n) is 7.82. The summed E-state index contributed by atoms with van der Waals surface area (Å²) in [6.07, 6.45) is 13.1. The molecule has 0 saturated heterocycles. The van der Waals surface area contributed by atoms with Crippen molar-refractivity contribution in [2.24, 2.45) is 28.9 Å². The van der Waals surface area contributed by atoms with Gasteiger partial charge in [0.05, 0.1) is 0 Å². The van der Waals surface area contributed by atoms with E-state index in [0.29, 0.717) is 5.41 Å². The minimum atomic E-state index is 0.475. The summed E-state index contributed by atoms with van der Waals surface area (Å²) in [5.74, 6) is 2.76. The number of nitrogens with two attached hydrogens (primary N) is 1. The van der Waals surface area contributed by atoms with Crippen molar-refractivity contribution in [2.75, 3.05) is 6.54 Å². The van der Waals surface area contributed by atoms with Gasteiger partial charge >= 0.3 is 0 Å². The fourth-order valence-corrected chi connectivity index (χ4v) is 3.99. The SMILES string of the molecule is CC(C)(CC1CCC1)C(CN)CC1CCCC1. The van der Waals surface area contributed by atoms with E-state index in [1.165, 1.54) is 57.8 Å². The Morgan fingerprint density at radius 2 is 1.59 bits per heavy atom. The van der Waals surface area contributed by atoms with Gasteiger partial charge in [-0.25, -0.2) is 0 Å². The fraction of sp³-hybridized carbons (Fsp3) is 1.00. The Hall–Kier alpha value is -0.0400. The maximum Gasteiger partial charge on any atom is -0.00437 e. The lowest BCUT2D eigenvalue weighted by Gasteiger charge is -2.40. The molecular formula is C16H31N. The summed E-state index contributed by atoms with van der Waals surface area (Å²) in [5.41, 5.74) is 6.55. The van der Waals surface area contributed by atoms with E-state index in [1.807, 2.05) is 0 Å². The fourth-order valence-electron chi connectivity index (χ4n) is 3.99. The van der Waals surface area contributed by atoms with Crippen molar-refractivity contribution in [3.05, 3.63) is 0 Å². The van der Waals surface area contributed by atoms with E-state index in [9.17, 15) is 0 Å². The predicted molar refractivity (Wildman–Crippen MR) is 74.9 cm³/mol. The summed E-state index contributed by atoms with van der Waals surface area (Å²) >= 11 is 0. The molecule has 1 atom stereocenters. The van der Waals surface area contributed by atoms with E-state index in [1.54, 1.807) is 0 Å². The van der Waals surface area contributed by atoms with Crippen molar-refractivity contribution in [3.63, 3.8) is 0 Å². The lowest BCUT2D eigenvalue weighted by Crippen LogP contribution is -2.35. The van der Waals surface area contributed by atoms with Crippen LogP contribution in [0.4, 0.5) is 0 Å². The van der Waals surface area contributed by atoms with Gasteiger partial charge in [0.2, 0.25) is 0 Å². The normalized spacial score (nSPS) is 24.9. The topological polar surface area (TPSA) is 26.0 Å². The van der Waals surface area contributed by atoms with Gasteiger partial charge in [-0.1, -0.05) is 58.8 Å². The first kappa shape index (κ1) is 13.4. The molecule has 0 bridgehead atoms. The Balaban J connectivity index is 1.85. The van der Waals surface area contributed by atoms with Crippen LogP contribution in [0.2, 0.25) is 0 Å². The summed E-state index contributed by atoms with van der Waals surface area (Å²) in [7, 11) is 0. The lowest BCUT2D eigenvalue weighted by atomic mass is 9.66. The van der Waals surface area contributed by atoms with Crippen molar-refractivity contribution in [1.82, 2.24) is 0 Å². The third-order valence-electron chi connectivity index (χ3n) is 5.52. The average molecular weight is 237 g/mol. The van der Waals surface area contributed by atoms with Gasteiger partial charge in [0, 0.05) is 0 Å². The van der Waals surface area contributed by atoms with Gasteiger partial charge in [-0.3, -0.25) is 0 Å². The summed E-state index contributed by atoms with van der Waals surface area (Å²) in [6.45, 7) is 5.84. The molecule has 1 unspecified atom stereocenters. The minimum Gasteiger partial charge on any atom is -0.330 e. The van der Waals surface area contributed by atoms with Crippen LogP contribution in [0.5, 0.6) is 0 Å². The molecule has 17 heavy (non-hydrogen) atoms. The smallest absolute Gasteiger partial charge is 0.00437 e. The molecule has 0 aromatic carbocycles. The Kier molecular flexibility index (Phi) is 4.52. The zero-order valence-corrected chi connectivity index (χ0v) is 11.9. The van der Waals surface area contributed by atoms with Crippen LogP contribution >= 0.6 is 0 Å². The molecule has 2 aliphatic rings. The van der Waals surface area contributed by atoms with Crippen molar-refractivity contribution in [3.8, 4) is 0 Å². The second kappa shape index (κ2) is 5.73. The van der Waals surface area contributed by atoms with Gasteiger partial charge in [0.25, 0.3) is 0 Å². The van der Waals surface area contributed by atoms with Crippen LogP contribution in [0.15, 0.2) is 0 Å². The largest absolute Gasteiger partial charge is 0.330 e. The van der Waals surface area contributed by atoms with Crippen LogP contribution in [0, 0.1) is 23.2 Å². The van der Waals surface area contributed by atoms with Crippen molar-refractivity contribution >= 4 is 0 Å². The van der Waals surface area contributed by atoms with Crippen LogP contribution < -0.4 is 5.73 Å². The summed E-state index contributed by atoms with van der Waals surface area (Å²) in [4.78, 5) is 0. The molecule has 0 aromatic heterocycles. The molecule has 2 fully saturated rings. The minimum absolute atomic E-state index is 0.475. The van der Waals surface area contributed by atoms with Gasteiger partial charge in [-0.05, 0) is 42.6 Å². The third kappa shape index (κ3) is 3.47. The van der Waals surface area contributed by atoms with E-state index < -0.39 is 0 Å². The maximum absolute atomic E-state index is 6.07. The highest BCUT2D eigenvalue weighted by Crippen LogP contribution is 2.44. The second-order valence-electron chi connectivity index (χ2n) is 7.31. The van der Waals surface area contributed by atoms with Crippen LogP contribution in [0.25, 0.3) is 0 Å². The Morgan fingerprint density at radius 1 is 1.00 bits per heavy atom. The highest BCUT2D eigenvalue weighted by atomic mass is 14.6. The lowest BCUT2D eigenvalue weighted by molar-refractivity contribution is 0.110. The third-order valence-corrected chi connectivity index (χ3v) is 5.52. The maximum atomic E-state index is 6.07. The first-order valence-corrected chi connectivity index (χ1v) is 7.82. The molecule has 1 heteroatoms. The molecule has 0 aliphatic heterocycles. The number of hydrogen-bond acceptors (Lipinski definition) is 1. The zero-order valence-electron chi connectivity index (χ0n) is 11.9. The molecule has 2 saturated carbocycles. The van der Waals surface area contributed by atoms with Gasteiger partial charge in [0.1, 0.15) is 0 Å². The molecule has 100 valence electrons. The summed E-state index contributed by atoms with van der Waals surface area (Å²) in [6, 6.07) is 0. The van der Waals surface area contributed by atoms with Crippen LogP contribution in [-0.2, 0) is 0 Å².